The Morgan fingerprint density at radius 3 is 2.33 bits per heavy atom. The third-order valence-corrected chi connectivity index (χ3v) is 9.48. The van der Waals surface area contributed by atoms with E-state index in [-0.39, 0.29) is 61.0 Å². The minimum Gasteiger partial charge on any atom is -0.466 e. The number of hydrogen-bond acceptors (Lipinski definition) is 8. The van der Waals surface area contributed by atoms with Crippen LogP contribution < -0.4 is 16.0 Å². The highest BCUT2D eigenvalue weighted by molar-refractivity contribution is 6.38. The number of ether oxygens (including phenoxy) is 2. The van der Waals surface area contributed by atoms with Gasteiger partial charge < -0.3 is 30.3 Å². The van der Waals surface area contributed by atoms with E-state index in [0.29, 0.717) is 19.4 Å². The molecule has 0 unspecified atom stereocenters. The zero-order valence-electron chi connectivity index (χ0n) is 28.4. The first-order valence-electron chi connectivity index (χ1n) is 16.8. The van der Waals surface area contributed by atoms with Gasteiger partial charge in [-0.2, -0.15) is 0 Å². The number of likely N-dealkylation sites (tertiary alicyclic amines) is 1. The van der Waals surface area contributed by atoms with E-state index in [0.717, 1.165) is 32.1 Å². The van der Waals surface area contributed by atoms with Gasteiger partial charge in [-0.25, -0.2) is 4.79 Å². The van der Waals surface area contributed by atoms with Crippen LogP contribution in [0.25, 0.3) is 0 Å². The molecule has 3 fully saturated rings. The van der Waals surface area contributed by atoms with Crippen molar-refractivity contribution in [3.8, 4) is 0 Å². The van der Waals surface area contributed by atoms with Gasteiger partial charge in [-0.05, 0) is 83.0 Å². The van der Waals surface area contributed by atoms with Gasteiger partial charge in [0.2, 0.25) is 17.6 Å². The zero-order chi connectivity index (χ0) is 34.2. The average molecular weight is 647 g/mol. The summed E-state index contributed by atoms with van der Waals surface area (Å²) >= 11 is 0. The number of fused-ring (bicyclic) bond motifs is 1. The van der Waals surface area contributed by atoms with E-state index in [1.807, 2.05) is 0 Å². The second-order valence-electron chi connectivity index (χ2n) is 14.4. The Morgan fingerprint density at radius 2 is 1.72 bits per heavy atom. The lowest BCUT2D eigenvalue weighted by Gasteiger charge is -2.37. The molecule has 3 aliphatic rings. The van der Waals surface area contributed by atoms with E-state index in [1.165, 1.54) is 0 Å². The van der Waals surface area contributed by atoms with Crippen molar-refractivity contribution < 1.29 is 38.2 Å². The van der Waals surface area contributed by atoms with Crippen LogP contribution in [0.15, 0.2) is 12.7 Å². The second kappa shape index (κ2) is 15.9. The van der Waals surface area contributed by atoms with Gasteiger partial charge in [0.15, 0.2) is 0 Å². The summed E-state index contributed by atoms with van der Waals surface area (Å²) < 4.78 is 10.4. The Balaban J connectivity index is 1.76. The van der Waals surface area contributed by atoms with Crippen LogP contribution in [-0.2, 0) is 33.4 Å². The second-order valence-corrected chi connectivity index (χ2v) is 14.4. The summed E-state index contributed by atoms with van der Waals surface area (Å²) in [6.07, 6.45) is 6.40. The van der Waals surface area contributed by atoms with Crippen molar-refractivity contribution >= 4 is 35.6 Å². The molecule has 0 bridgehead atoms. The third kappa shape index (κ3) is 9.54. The monoisotopic (exact) mass is 646 g/mol. The highest BCUT2D eigenvalue weighted by Gasteiger charge is 2.69. The highest BCUT2D eigenvalue weighted by Crippen LogP contribution is 2.65. The fourth-order valence-corrected chi connectivity index (χ4v) is 7.00. The maximum Gasteiger partial charge on any atom is 0.408 e. The Bertz CT molecular complexity index is 1160. The largest absolute Gasteiger partial charge is 0.466 e. The number of nitrogens with zero attached hydrogens (tertiary/aromatic N) is 1. The first-order valence-corrected chi connectivity index (χ1v) is 16.8. The first kappa shape index (κ1) is 37.0. The fraction of sp³-hybridized carbons (Fsp3) is 0.765. The van der Waals surface area contributed by atoms with Gasteiger partial charge in [-0.1, -0.05) is 39.2 Å². The number of piperidine rings is 1. The van der Waals surface area contributed by atoms with Gasteiger partial charge in [-0.3, -0.25) is 24.0 Å². The van der Waals surface area contributed by atoms with E-state index >= 15 is 0 Å². The third-order valence-electron chi connectivity index (χ3n) is 9.48. The molecule has 12 heteroatoms. The van der Waals surface area contributed by atoms with Crippen molar-refractivity contribution in [1.82, 2.24) is 20.9 Å². The minimum atomic E-state index is -1.12. The van der Waals surface area contributed by atoms with Crippen LogP contribution in [0.2, 0.25) is 0 Å². The summed E-state index contributed by atoms with van der Waals surface area (Å²) in [7, 11) is 0. The number of esters is 1. The predicted octanol–water partition coefficient (Wildman–Crippen LogP) is 3.42. The molecule has 258 valence electrons. The topological polar surface area (TPSA) is 160 Å². The van der Waals surface area contributed by atoms with E-state index in [1.54, 1.807) is 38.7 Å². The SMILES string of the molecule is C=CCC[C@H](NC(=O)[C@@H]1[C@@H]2[C@H](CN1C(=O)[C@@H](NC(=O)OC(C)(C)C)C1CCCCC1)C2(C)C)C(=O)C(=O)NCCCC(=O)OCC. The smallest absolute Gasteiger partial charge is 0.408 e. The molecule has 3 rings (SSSR count). The molecule has 1 heterocycles. The first-order chi connectivity index (χ1) is 21.6. The molecule has 1 saturated heterocycles. The molecule has 3 N–H and O–H groups in total. The van der Waals surface area contributed by atoms with Crippen LogP contribution >= 0.6 is 0 Å². The molecule has 0 spiro atoms. The Kier molecular flexibility index (Phi) is 12.8. The van der Waals surface area contributed by atoms with E-state index in [2.05, 4.69) is 36.4 Å². The molecule has 0 aromatic rings. The Morgan fingerprint density at radius 1 is 1.04 bits per heavy atom. The standard InChI is InChI=1S/C34H54N4O8/c1-8-10-17-23(28(40)30(42)35-19-14-18-24(39)45-9-2)36-29(41)27-25-22(34(25,6)7)20-38(27)31(43)26(21-15-12-11-13-16-21)37-32(44)46-33(3,4)5/h8,21-23,25-27H,1,9-20H2,2-7H3,(H,35,42)(H,36,41)(H,37,44)/t22-,23-,25-,26-,27-/m0/s1. The zero-order valence-corrected chi connectivity index (χ0v) is 28.4. The maximum atomic E-state index is 14.3. The van der Waals surface area contributed by atoms with Gasteiger partial charge in [0.1, 0.15) is 17.7 Å². The van der Waals surface area contributed by atoms with Gasteiger partial charge in [0, 0.05) is 19.5 Å². The maximum absolute atomic E-state index is 14.3. The summed E-state index contributed by atoms with van der Waals surface area (Å²) in [5.74, 6) is -3.00. The van der Waals surface area contributed by atoms with Crippen molar-refractivity contribution in [3.05, 3.63) is 12.7 Å². The van der Waals surface area contributed by atoms with E-state index in [9.17, 15) is 28.8 Å². The molecular formula is C34H54N4O8. The molecular weight excluding hydrogens is 592 g/mol. The molecule has 0 aromatic carbocycles. The lowest BCUT2D eigenvalue weighted by Crippen LogP contribution is -2.59. The summed E-state index contributed by atoms with van der Waals surface area (Å²) in [5.41, 5.74) is -0.930. The Hall–Kier alpha value is -3.44. The number of allylic oxidation sites excluding steroid dienone is 1. The van der Waals surface area contributed by atoms with Gasteiger partial charge >= 0.3 is 12.1 Å². The summed E-state index contributed by atoms with van der Waals surface area (Å²) in [4.78, 5) is 80.3. The van der Waals surface area contributed by atoms with Crippen LogP contribution in [0.4, 0.5) is 4.79 Å². The number of carbonyl (C=O) groups excluding carboxylic acids is 6. The number of alkyl carbamates (subject to hydrolysis) is 1. The lowest BCUT2D eigenvalue weighted by molar-refractivity contribution is -0.145. The molecule has 0 aromatic heterocycles. The van der Waals surface area contributed by atoms with Gasteiger partial charge in [0.25, 0.3) is 5.91 Å². The quantitative estimate of drug-likeness (QED) is 0.106. The summed E-state index contributed by atoms with van der Waals surface area (Å²) in [5, 5.41) is 8.16. The molecule has 2 aliphatic carbocycles. The van der Waals surface area contributed by atoms with Crippen LogP contribution in [0.5, 0.6) is 0 Å². The van der Waals surface area contributed by atoms with Crippen molar-refractivity contribution in [2.45, 2.75) is 123 Å². The van der Waals surface area contributed by atoms with Crippen molar-refractivity contribution in [3.63, 3.8) is 0 Å². The van der Waals surface area contributed by atoms with E-state index < -0.39 is 47.4 Å². The molecule has 5 atom stereocenters. The molecule has 12 nitrogen and oxygen atoms in total. The number of rotatable bonds is 15. The molecule has 4 amide bonds. The van der Waals surface area contributed by atoms with E-state index in [4.69, 9.17) is 9.47 Å². The van der Waals surface area contributed by atoms with Crippen LogP contribution in [-0.4, -0.2) is 83.9 Å². The number of hydrogen-bond donors (Lipinski definition) is 3. The van der Waals surface area contributed by atoms with Crippen LogP contribution in [0.1, 0.15) is 99.3 Å². The van der Waals surface area contributed by atoms with Gasteiger partial charge in [-0.15, -0.1) is 6.58 Å². The summed E-state index contributed by atoms with van der Waals surface area (Å²) in [6, 6.07) is -2.82. The predicted molar refractivity (Wildman–Crippen MR) is 171 cm³/mol. The van der Waals surface area contributed by atoms with Crippen molar-refractivity contribution in [1.29, 1.82) is 0 Å². The lowest BCUT2D eigenvalue weighted by atomic mass is 9.83. The number of Topliss-reactive ketones (excluding diaryl/α,β-unsaturated/α-hetero) is 1. The Labute approximate surface area is 273 Å². The molecule has 1 aliphatic heterocycles. The fourth-order valence-electron chi connectivity index (χ4n) is 7.00. The highest BCUT2D eigenvalue weighted by atomic mass is 16.6. The van der Waals surface area contributed by atoms with Crippen molar-refractivity contribution in [2.24, 2.45) is 23.2 Å². The molecule has 2 saturated carbocycles. The minimum absolute atomic E-state index is 0.0862. The normalized spacial score (nSPS) is 23.3. The van der Waals surface area contributed by atoms with Crippen molar-refractivity contribution in [2.75, 3.05) is 19.7 Å². The average Bonchev–Trinajstić information content (AvgIpc) is 3.30. The number of nitrogens with one attached hydrogen (secondary N) is 3. The summed E-state index contributed by atoms with van der Waals surface area (Å²) in [6.45, 7) is 15.5. The van der Waals surface area contributed by atoms with Gasteiger partial charge in [0.05, 0.1) is 12.6 Å². The molecule has 46 heavy (non-hydrogen) atoms. The number of carbonyl (C=O) groups is 6. The van der Waals surface area contributed by atoms with Crippen LogP contribution in [0, 0.1) is 23.2 Å². The number of ketones is 1. The van der Waals surface area contributed by atoms with Crippen LogP contribution in [0.3, 0.4) is 0 Å². The molecule has 0 radical (unpaired) electrons. The number of amides is 4.